The second-order valence-electron chi connectivity index (χ2n) is 2.43. The molecule has 0 spiro atoms. The van der Waals surface area contributed by atoms with Gasteiger partial charge in [0.05, 0.1) is 0 Å². The lowest BCUT2D eigenvalue weighted by Crippen LogP contribution is -2.12. The van der Waals surface area contributed by atoms with E-state index in [1.54, 1.807) is 0 Å². The van der Waals surface area contributed by atoms with Gasteiger partial charge in [-0.15, -0.1) is 0 Å². The molecule has 0 atom stereocenters. The Bertz CT molecular complexity index is 106. The molecular formula is C8H15N2. The van der Waals surface area contributed by atoms with Gasteiger partial charge in [0.2, 0.25) is 0 Å². The van der Waals surface area contributed by atoms with E-state index < -0.39 is 0 Å². The molecule has 0 heterocycles. The second-order valence-corrected chi connectivity index (χ2v) is 2.43. The van der Waals surface area contributed by atoms with Crippen molar-refractivity contribution in [1.82, 2.24) is 4.90 Å². The van der Waals surface area contributed by atoms with Crippen molar-refractivity contribution in [3.63, 3.8) is 0 Å². The Balaban J connectivity index is 3.04. The first-order chi connectivity index (χ1) is 4.77. The van der Waals surface area contributed by atoms with Crippen LogP contribution in [0.3, 0.4) is 0 Å². The number of nitrogens with zero attached hydrogens (tertiary/aromatic N) is 2. The van der Waals surface area contributed by atoms with Crippen molar-refractivity contribution in [1.29, 1.82) is 0 Å². The molecule has 0 aliphatic heterocycles. The maximum absolute atomic E-state index is 5.04. The van der Waals surface area contributed by atoms with E-state index in [1.165, 1.54) is 6.20 Å². The van der Waals surface area contributed by atoms with Crippen molar-refractivity contribution >= 4 is 6.21 Å². The molecule has 0 unspecified atom stereocenters. The van der Waals surface area contributed by atoms with E-state index in [0.29, 0.717) is 0 Å². The zero-order chi connectivity index (χ0) is 7.82. The van der Waals surface area contributed by atoms with Gasteiger partial charge in [0.1, 0.15) is 0 Å². The minimum atomic E-state index is 1.01. The fourth-order valence-corrected chi connectivity index (χ4v) is 0.634. The molecule has 1 radical (unpaired) electrons. The summed E-state index contributed by atoms with van der Waals surface area (Å²) < 4.78 is 0. The predicted octanol–water partition coefficient (Wildman–Crippen LogP) is 1.35. The van der Waals surface area contributed by atoms with Gasteiger partial charge in [0.25, 0.3) is 0 Å². The van der Waals surface area contributed by atoms with Gasteiger partial charge in [0, 0.05) is 12.4 Å². The first-order valence-electron chi connectivity index (χ1n) is 3.47. The average molecular weight is 139 g/mol. The molecule has 0 fully saturated rings. The highest BCUT2D eigenvalue weighted by molar-refractivity contribution is 5.57. The average Bonchev–Trinajstić information content (AvgIpc) is 1.87. The molecule has 0 aromatic heterocycles. The first-order valence-corrected chi connectivity index (χ1v) is 3.47. The lowest BCUT2D eigenvalue weighted by Gasteiger charge is -2.06. The molecule has 0 bridgehead atoms. The number of aliphatic imine (C=N–C) groups is 1. The maximum Gasteiger partial charge on any atom is 0.0264 e. The predicted molar refractivity (Wildman–Crippen MR) is 45.2 cm³/mol. The Labute approximate surface area is 63.3 Å². The third kappa shape index (κ3) is 7.37. The topological polar surface area (TPSA) is 15.6 Å². The highest BCUT2D eigenvalue weighted by Crippen LogP contribution is 1.87. The van der Waals surface area contributed by atoms with Crippen LogP contribution in [0.4, 0.5) is 0 Å². The quantitative estimate of drug-likeness (QED) is 0.414. The summed E-state index contributed by atoms with van der Waals surface area (Å²) in [7, 11) is 4.12. The van der Waals surface area contributed by atoms with Gasteiger partial charge < -0.3 is 4.90 Å². The fourth-order valence-electron chi connectivity index (χ4n) is 0.634. The maximum atomic E-state index is 5.04. The molecule has 0 aromatic carbocycles. The third-order valence-electron chi connectivity index (χ3n) is 1.13. The smallest absolute Gasteiger partial charge is 0.0264 e. The van der Waals surface area contributed by atoms with E-state index in [4.69, 9.17) is 6.58 Å². The van der Waals surface area contributed by atoms with E-state index >= 15 is 0 Å². The van der Waals surface area contributed by atoms with E-state index in [-0.39, 0.29) is 0 Å². The van der Waals surface area contributed by atoms with Crippen molar-refractivity contribution in [3.8, 4) is 0 Å². The minimum Gasteiger partial charge on any atom is -0.309 e. The molecule has 0 amide bonds. The Hall–Kier alpha value is -0.630. The summed E-state index contributed by atoms with van der Waals surface area (Å²) in [6, 6.07) is 0. The van der Waals surface area contributed by atoms with Crippen molar-refractivity contribution in [3.05, 3.63) is 12.8 Å². The van der Waals surface area contributed by atoms with Crippen LogP contribution in [-0.2, 0) is 0 Å². The zero-order valence-electron chi connectivity index (χ0n) is 6.75. The molecule has 0 rings (SSSR count). The van der Waals surface area contributed by atoms with Crippen LogP contribution in [-0.4, -0.2) is 31.8 Å². The molecule has 0 N–H and O–H groups in total. The van der Waals surface area contributed by atoms with Crippen LogP contribution in [0.2, 0.25) is 0 Å². The van der Waals surface area contributed by atoms with Gasteiger partial charge in [-0.1, -0.05) is 0 Å². The summed E-state index contributed by atoms with van der Waals surface area (Å²) in [5.41, 5.74) is 0. The van der Waals surface area contributed by atoms with Crippen LogP contribution in [0.25, 0.3) is 0 Å². The molecule has 57 valence electrons. The van der Waals surface area contributed by atoms with Crippen LogP contribution in [0, 0.1) is 6.58 Å². The van der Waals surface area contributed by atoms with E-state index in [9.17, 15) is 0 Å². The molecule has 10 heavy (non-hydrogen) atoms. The standard InChI is InChI=1S/C8H15N2/c1-4-9-7-5-6-8-10(2)3/h1,4,7H,5-6,8H2,2-3H3. The summed E-state index contributed by atoms with van der Waals surface area (Å²) in [6.07, 6.45) is 5.30. The first kappa shape index (κ1) is 9.37. The van der Waals surface area contributed by atoms with Crippen LogP contribution in [0.1, 0.15) is 12.8 Å². The van der Waals surface area contributed by atoms with Crippen molar-refractivity contribution in [2.24, 2.45) is 4.99 Å². The van der Waals surface area contributed by atoms with Crippen molar-refractivity contribution in [2.45, 2.75) is 12.8 Å². The minimum absolute atomic E-state index is 1.01. The van der Waals surface area contributed by atoms with Crippen molar-refractivity contribution in [2.75, 3.05) is 20.6 Å². The van der Waals surface area contributed by atoms with Crippen LogP contribution >= 0.6 is 0 Å². The van der Waals surface area contributed by atoms with Gasteiger partial charge in [-0.25, -0.2) is 0 Å². The van der Waals surface area contributed by atoms with Gasteiger partial charge in [-0.3, -0.25) is 4.99 Å². The number of unbranched alkanes of at least 4 members (excludes halogenated alkanes) is 1. The summed E-state index contributed by atoms with van der Waals surface area (Å²) in [5, 5.41) is 0. The lowest BCUT2D eigenvalue weighted by molar-refractivity contribution is 0.404. The largest absolute Gasteiger partial charge is 0.309 e. The van der Waals surface area contributed by atoms with E-state index in [1.807, 2.05) is 6.21 Å². The van der Waals surface area contributed by atoms with Gasteiger partial charge in [-0.05, 0) is 40.1 Å². The third-order valence-corrected chi connectivity index (χ3v) is 1.13. The van der Waals surface area contributed by atoms with Crippen LogP contribution in [0.15, 0.2) is 11.2 Å². The molecule has 0 aliphatic rings. The molecule has 0 saturated carbocycles. The Morgan fingerprint density at radius 3 is 2.70 bits per heavy atom. The van der Waals surface area contributed by atoms with Crippen LogP contribution in [0.5, 0.6) is 0 Å². The second kappa shape index (κ2) is 6.49. The van der Waals surface area contributed by atoms with Gasteiger partial charge in [0.15, 0.2) is 0 Å². The summed E-state index contributed by atoms with van der Waals surface area (Å²) >= 11 is 0. The molecule has 2 heteroatoms. The molecule has 2 nitrogen and oxygen atoms in total. The Kier molecular flexibility index (Phi) is 6.08. The number of hydrogen-bond acceptors (Lipinski definition) is 2. The Morgan fingerprint density at radius 2 is 2.20 bits per heavy atom. The van der Waals surface area contributed by atoms with E-state index in [2.05, 4.69) is 24.0 Å². The van der Waals surface area contributed by atoms with Crippen LogP contribution < -0.4 is 0 Å². The zero-order valence-corrected chi connectivity index (χ0v) is 6.75. The molecule has 0 aliphatic carbocycles. The highest BCUT2D eigenvalue weighted by atomic mass is 15.0. The number of hydrogen-bond donors (Lipinski definition) is 0. The summed E-state index contributed by atoms with van der Waals surface area (Å²) in [6.45, 7) is 6.14. The van der Waals surface area contributed by atoms with Gasteiger partial charge >= 0.3 is 0 Å². The number of rotatable bonds is 5. The lowest BCUT2D eigenvalue weighted by atomic mass is 10.3. The molecular weight excluding hydrogens is 124 g/mol. The monoisotopic (exact) mass is 139 g/mol. The normalized spacial score (nSPS) is 11.1. The van der Waals surface area contributed by atoms with E-state index in [0.717, 1.165) is 19.4 Å². The highest BCUT2D eigenvalue weighted by Gasteiger charge is 1.86. The molecule has 0 aromatic rings. The SMILES string of the molecule is [CH]=CN=CCCCN(C)C. The fraction of sp³-hybridized carbons (Fsp3) is 0.625. The summed E-state index contributed by atoms with van der Waals surface area (Å²) in [4.78, 5) is 5.93. The van der Waals surface area contributed by atoms with Gasteiger partial charge in [-0.2, -0.15) is 0 Å². The summed E-state index contributed by atoms with van der Waals surface area (Å²) in [5.74, 6) is 0. The Morgan fingerprint density at radius 1 is 1.50 bits per heavy atom. The van der Waals surface area contributed by atoms with Crippen molar-refractivity contribution < 1.29 is 0 Å². The molecule has 0 saturated heterocycles.